The summed E-state index contributed by atoms with van der Waals surface area (Å²) in [5.74, 6) is 2.44. The predicted molar refractivity (Wildman–Crippen MR) is 81.3 cm³/mol. The second-order valence-electron chi connectivity index (χ2n) is 6.77. The fourth-order valence-corrected chi connectivity index (χ4v) is 2.94. The summed E-state index contributed by atoms with van der Waals surface area (Å²) in [5.41, 5.74) is 0. The lowest BCUT2D eigenvalue weighted by Gasteiger charge is -2.42. The van der Waals surface area contributed by atoms with Crippen molar-refractivity contribution in [2.24, 2.45) is 18.9 Å². The van der Waals surface area contributed by atoms with Crippen LogP contribution >= 0.6 is 0 Å². The minimum atomic E-state index is 0.576. The van der Waals surface area contributed by atoms with Crippen LogP contribution in [0.25, 0.3) is 0 Å². The summed E-state index contributed by atoms with van der Waals surface area (Å²) >= 11 is 0. The SMILES string of the molecule is CC(C)CC1CNC(C(C)C)CN1Cc1ncnn1C. The molecule has 1 aromatic heterocycles. The molecule has 0 amide bonds. The van der Waals surface area contributed by atoms with Gasteiger partial charge in [-0.3, -0.25) is 9.58 Å². The third-order valence-corrected chi connectivity index (χ3v) is 4.26. The lowest BCUT2D eigenvalue weighted by molar-refractivity contribution is 0.0888. The van der Waals surface area contributed by atoms with Crippen molar-refractivity contribution in [3.63, 3.8) is 0 Å². The average Bonchev–Trinajstić information content (AvgIpc) is 2.76. The van der Waals surface area contributed by atoms with Crippen LogP contribution in [-0.4, -0.2) is 44.8 Å². The molecule has 1 aliphatic rings. The quantitative estimate of drug-likeness (QED) is 0.890. The molecule has 1 aromatic rings. The van der Waals surface area contributed by atoms with Gasteiger partial charge in [-0.15, -0.1) is 0 Å². The first-order valence-corrected chi connectivity index (χ1v) is 7.77. The molecule has 114 valence electrons. The maximum Gasteiger partial charge on any atom is 0.140 e. The molecule has 0 bridgehead atoms. The number of nitrogens with one attached hydrogen (secondary N) is 1. The van der Waals surface area contributed by atoms with Crippen LogP contribution in [0.5, 0.6) is 0 Å². The molecule has 1 fully saturated rings. The monoisotopic (exact) mass is 279 g/mol. The first kappa shape index (κ1) is 15.4. The summed E-state index contributed by atoms with van der Waals surface area (Å²) in [4.78, 5) is 6.97. The Morgan fingerprint density at radius 1 is 1.35 bits per heavy atom. The standard InChI is InChI=1S/C15H29N5/c1-11(2)6-13-7-16-14(12(3)4)8-20(13)9-15-17-10-18-19(15)5/h10-14,16H,6-9H2,1-5H3. The van der Waals surface area contributed by atoms with Crippen molar-refractivity contribution in [2.75, 3.05) is 13.1 Å². The molecule has 5 heteroatoms. The first-order valence-electron chi connectivity index (χ1n) is 7.77. The molecule has 0 saturated carbocycles. The number of rotatable bonds is 5. The zero-order chi connectivity index (χ0) is 14.7. The van der Waals surface area contributed by atoms with Crippen LogP contribution < -0.4 is 5.32 Å². The van der Waals surface area contributed by atoms with E-state index in [1.807, 2.05) is 11.7 Å². The number of nitrogens with zero attached hydrogens (tertiary/aromatic N) is 4. The molecule has 1 N–H and O–H groups in total. The highest BCUT2D eigenvalue weighted by Gasteiger charge is 2.30. The van der Waals surface area contributed by atoms with Gasteiger partial charge in [0.05, 0.1) is 6.54 Å². The highest BCUT2D eigenvalue weighted by atomic mass is 15.3. The van der Waals surface area contributed by atoms with E-state index in [4.69, 9.17) is 0 Å². The summed E-state index contributed by atoms with van der Waals surface area (Å²) < 4.78 is 1.89. The Labute approximate surface area is 122 Å². The van der Waals surface area contributed by atoms with E-state index < -0.39 is 0 Å². The number of hydrogen-bond acceptors (Lipinski definition) is 4. The number of aromatic nitrogens is 3. The summed E-state index contributed by atoms with van der Waals surface area (Å²) in [7, 11) is 1.97. The second-order valence-corrected chi connectivity index (χ2v) is 6.77. The van der Waals surface area contributed by atoms with Gasteiger partial charge in [0.1, 0.15) is 12.2 Å². The maximum absolute atomic E-state index is 4.38. The van der Waals surface area contributed by atoms with Crippen LogP contribution in [0, 0.1) is 11.8 Å². The smallest absolute Gasteiger partial charge is 0.140 e. The van der Waals surface area contributed by atoms with Gasteiger partial charge >= 0.3 is 0 Å². The largest absolute Gasteiger partial charge is 0.311 e. The Bertz CT molecular complexity index is 412. The van der Waals surface area contributed by atoms with Gasteiger partial charge in [0.25, 0.3) is 0 Å². The minimum Gasteiger partial charge on any atom is -0.311 e. The zero-order valence-corrected chi connectivity index (χ0v) is 13.5. The van der Waals surface area contributed by atoms with Crippen molar-refractivity contribution in [3.8, 4) is 0 Å². The molecule has 2 unspecified atom stereocenters. The van der Waals surface area contributed by atoms with E-state index in [-0.39, 0.29) is 0 Å². The Morgan fingerprint density at radius 2 is 2.10 bits per heavy atom. The highest BCUT2D eigenvalue weighted by molar-refractivity contribution is 4.92. The zero-order valence-electron chi connectivity index (χ0n) is 13.5. The summed E-state index contributed by atoms with van der Waals surface area (Å²) in [6.45, 7) is 12.3. The van der Waals surface area contributed by atoms with Crippen LogP contribution in [-0.2, 0) is 13.6 Å². The molecule has 1 aliphatic heterocycles. The molecule has 0 aliphatic carbocycles. The van der Waals surface area contributed by atoms with Crippen LogP contribution in [0.1, 0.15) is 39.9 Å². The Balaban J connectivity index is 2.07. The van der Waals surface area contributed by atoms with Gasteiger partial charge in [-0.2, -0.15) is 5.10 Å². The first-order chi connectivity index (χ1) is 9.47. The topological polar surface area (TPSA) is 46.0 Å². The number of aryl methyl sites for hydroxylation is 1. The van der Waals surface area contributed by atoms with Crippen LogP contribution in [0.4, 0.5) is 0 Å². The average molecular weight is 279 g/mol. The van der Waals surface area contributed by atoms with E-state index in [0.717, 1.165) is 31.4 Å². The second kappa shape index (κ2) is 6.68. The third-order valence-electron chi connectivity index (χ3n) is 4.26. The molecule has 20 heavy (non-hydrogen) atoms. The summed E-state index contributed by atoms with van der Waals surface area (Å²) in [5, 5.41) is 7.90. The molecule has 1 saturated heterocycles. The van der Waals surface area contributed by atoms with Gasteiger partial charge in [-0.1, -0.05) is 27.7 Å². The van der Waals surface area contributed by atoms with Gasteiger partial charge in [0.2, 0.25) is 0 Å². The van der Waals surface area contributed by atoms with Gasteiger partial charge in [-0.05, 0) is 18.3 Å². The third kappa shape index (κ3) is 3.79. The number of piperazine rings is 1. The van der Waals surface area contributed by atoms with Gasteiger partial charge < -0.3 is 5.32 Å². The predicted octanol–water partition coefficient (Wildman–Crippen LogP) is 1.66. The van der Waals surface area contributed by atoms with Gasteiger partial charge in [-0.25, -0.2) is 4.98 Å². The van der Waals surface area contributed by atoms with E-state index in [2.05, 4.69) is 48.0 Å². The summed E-state index contributed by atoms with van der Waals surface area (Å²) in [6, 6.07) is 1.17. The lowest BCUT2D eigenvalue weighted by atomic mass is 9.95. The molecular weight excluding hydrogens is 250 g/mol. The van der Waals surface area contributed by atoms with E-state index in [1.54, 1.807) is 6.33 Å². The van der Waals surface area contributed by atoms with Crippen molar-refractivity contribution in [1.29, 1.82) is 0 Å². The Morgan fingerprint density at radius 3 is 2.65 bits per heavy atom. The van der Waals surface area contributed by atoms with Crippen molar-refractivity contribution in [1.82, 2.24) is 25.0 Å². The Kier molecular flexibility index (Phi) is 5.16. The molecule has 5 nitrogen and oxygen atoms in total. The van der Waals surface area contributed by atoms with E-state index in [0.29, 0.717) is 18.0 Å². The fourth-order valence-electron chi connectivity index (χ4n) is 2.94. The molecule has 0 spiro atoms. The molecule has 0 aromatic carbocycles. The maximum atomic E-state index is 4.38. The van der Waals surface area contributed by atoms with Crippen LogP contribution in [0.3, 0.4) is 0 Å². The van der Waals surface area contributed by atoms with Gasteiger partial charge in [0.15, 0.2) is 0 Å². The minimum absolute atomic E-state index is 0.576. The highest BCUT2D eigenvalue weighted by Crippen LogP contribution is 2.20. The molecular formula is C15H29N5. The van der Waals surface area contributed by atoms with Crippen molar-refractivity contribution in [2.45, 2.75) is 52.7 Å². The molecule has 2 heterocycles. The van der Waals surface area contributed by atoms with E-state index in [1.165, 1.54) is 6.42 Å². The van der Waals surface area contributed by atoms with Crippen LogP contribution in [0.2, 0.25) is 0 Å². The van der Waals surface area contributed by atoms with Crippen molar-refractivity contribution < 1.29 is 0 Å². The molecule has 0 radical (unpaired) electrons. The fraction of sp³-hybridized carbons (Fsp3) is 0.867. The van der Waals surface area contributed by atoms with Crippen LogP contribution in [0.15, 0.2) is 6.33 Å². The lowest BCUT2D eigenvalue weighted by Crippen LogP contribution is -2.58. The van der Waals surface area contributed by atoms with Gasteiger partial charge in [0, 0.05) is 32.2 Å². The van der Waals surface area contributed by atoms with E-state index in [9.17, 15) is 0 Å². The van der Waals surface area contributed by atoms with Crippen molar-refractivity contribution in [3.05, 3.63) is 12.2 Å². The van der Waals surface area contributed by atoms with E-state index >= 15 is 0 Å². The molecule has 2 rings (SSSR count). The summed E-state index contributed by atoms with van der Waals surface area (Å²) in [6.07, 6.45) is 2.88. The Hall–Kier alpha value is -0.940. The number of hydrogen-bond donors (Lipinski definition) is 1. The van der Waals surface area contributed by atoms with Crippen molar-refractivity contribution >= 4 is 0 Å². The normalized spacial score (nSPS) is 24.8. The molecule has 2 atom stereocenters.